The molecule has 0 heterocycles. The molecule has 0 aromatic heterocycles. The van der Waals surface area contributed by atoms with Crippen molar-refractivity contribution in [3.63, 3.8) is 0 Å². The van der Waals surface area contributed by atoms with Gasteiger partial charge in [0.25, 0.3) is 0 Å². The van der Waals surface area contributed by atoms with Gasteiger partial charge in [-0.2, -0.15) is 11.8 Å². The molecular weight excluding hydrogens is 596 g/mol. The molecule has 3 atom stereocenters. The average molecular weight is 671 g/mol. The summed E-state index contributed by atoms with van der Waals surface area (Å²) in [4.78, 5) is 39.4. The van der Waals surface area contributed by atoms with Crippen LogP contribution in [0.5, 0.6) is 0 Å². The zero-order valence-corrected chi connectivity index (χ0v) is 33.2. The number of hydrogen-bond donors (Lipinski definition) is 0. The van der Waals surface area contributed by atoms with Gasteiger partial charge in [-0.25, -0.2) is 0 Å². The van der Waals surface area contributed by atoms with E-state index >= 15 is 0 Å². The van der Waals surface area contributed by atoms with E-state index in [4.69, 9.17) is 14.2 Å². The molecule has 272 valence electrons. The molecule has 0 N–H and O–H groups in total. The van der Waals surface area contributed by atoms with E-state index < -0.39 is 22.3 Å². The number of unbranched alkanes of at least 4 members (excludes halogenated alkanes) is 4. The summed E-state index contributed by atoms with van der Waals surface area (Å²) in [7, 11) is 0. The van der Waals surface area contributed by atoms with Gasteiger partial charge in [0.2, 0.25) is 0 Å². The van der Waals surface area contributed by atoms with Crippen molar-refractivity contribution in [1.29, 1.82) is 0 Å². The normalized spacial score (nSPS) is 14.8. The molecule has 0 aliphatic carbocycles. The molecule has 0 amide bonds. The summed E-state index contributed by atoms with van der Waals surface area (Å²) in [6.07, 6.45) is 11.9. The van der Waals surface area contributed by atoms with Crippen LogP contribution in [0.25, 0.3) is 0 Å². The molecule has 0 rings (SSSR count). The first-order valence-electron chi connectivity index (χ1n) is 18.3. The van der Waals surface area contributed by atoms with Crippen LogP contribution in [0.2, 0.25) is 0 Å². The van der Waals surface area contributed by atoms with Crippen LogP contribution in [0.1, 0.15) is 167 Å². The number of carbonyl (C=O) groups excluding carboxylic acids is 3. The van der Waals surface area contributed by atoms with Gasteiger partial charge in [-0.3, -0.25) is 14.4 Å². The monoisotopic (exact) mass is 671 g/mol. The topological polar surface area (TPSA) is 78.9 Å². The lowest BCUT2D eigenvalue weighted by atomic mass is 9.67. The predicted octanol–water partition coefficient (Wildman–Crippen LogP) is 10.8. The molecule has 6 nitrogen and oxygen atoms in total. The number of carbonyl (C=O) groups is 3. The molecule has 0 saturated heterocycles. The van der Waals surface area contributed by atoms with E-state index in [1.54, 1.807) is 0 Å². The van der Waals surface area contributed by atoms with Crippen molar-refractivity contribution in [2.75, 3.05) is 24.7 Å². The molecule has 46 heavy (non-hydrogen) atoms. The number of ether oxygens (including phenoxy) is 3. The van der Waals surface area contributed by atoms with Gasteiger partial charge in [-0.1, -0.05) is 81.1 Å². The smallest absolute Gasteiger partial charge is 0.311 e. The molecule has 0 radical (unpaired) electrons. The van der Waals surface area contributed by atoms with E-state index in [2.05, 4.69) is 46.4 Å². The molecule has 0 aromatic carbocycles. The molecule has 0 aliphatic heterocycles. The van der Waals surface area contributed by atoms with Crippen molar-refractivity contribution >= 4 is 29.7 Å². The highest BCUT2D eigenvalue weighted by Crippen LogP contribution is 2.43. The zero-order chi connectivity index (χ0) is 35.6. The minimum atomic E-state index is -0.885. The average Bonchev–Trinajstić information content (AvgIpc) is 2.93. The SMILES string of the molecule is CCCCOC(=O)C(C)CC(C)(C)C(CC(C)(C)C(=O)OCCCCCCSCCCC(C)C(C)(C)CCC)C(=O)OC(C)(C)C. The van der Waals surface area contributed by atoms with Gasteiger partial charge in [0.15, 0.2) is 0 Å². The van der Waals surface area contributed by atoms with Crippen molar-refractivity contribution in [3.8, 4) is 0 Å². The highest BCUT2D eigenvalue weighted by Gasteiger charge is 2.45. The summed E-state index contributed by atoms with van der Waals surface area (Å²) >= 11 is 2.06. The van der Waals surface area contributed by atoms with Crippen LogP contribution in [-0.4, -0.2) is 48.2 Å². The minimum absolute atomic E-state index is 0.252. The summed E-state index contributed by atoms with van der Waals surface area (Å²) in [6, 6.07) is 0. The zero-order valence-electron chi connectivity index (χ0n) is 32.4. The second-order valence-corrected chi connectivity index (χ2v) is 18.0. The maximum absolute atomic E-state index is 13.5. The van der Waals surface area contributed by atoms with E-state index in [0.29, 0.717) is 25.0 Å². The third-order valence-corrected chi connectivity index (χ3v) is 10.6. The molecule has 0 spiro atoms. The Morgan fingerprint density at radius 1 is 0.652 bits per heavy atom. The fourth-order valence-electron chi connectivity index (χ4n) is 6.01. The van der Waals surface area contributed by atoms with Gasteiger partial charge in [0.05, 0.1) is 30.5 Å². The Morgan fingerprint density at radius 2 is 1.24 bits per heavy atom. The van der Waals surface area contributed by atoms with Crippen molar-refractivity contribution < 1.29 is 28.6 Å². The van der Waals surface area contributed by atoms with Crippen LogP contribution in [0.3, 0.4) is 0 Å². The molecule has 7 heteroatoms. The largest absolute Gasteiger partial charge is 0.465 e. The third-order valence-electron chi connectivity index (χ3n) is 9.45. The van der Waals surface area contributed by atoms with Crippen LogP contribution in [0.4, 0.5) is 0 Å². The second kappa shape index (κ2) is 21.7. The molecule has 0 aliphatic rings. The lowest BCUT2D eigenvalue weighted by Gasteiger charge is -2.39. The highest BCUT2D eigenvalue weighted by molar-refractivity contribution is 7.99. The Bertz CT molecular complexity index is 872. The highest BCUT2D eigenvalue weighted by atomic mass is 32.2. The van der Waals surface area contributed by atoms with Crippen LogP contribution in [0.15, 0.2) is 0 Å². The summed E-state index contributed by atoms with van der Waals surface area (Å²) < 4.78 is 17.0. The Kier molecular flexibility index (Phi) is 21.1. The van der Waals surface area contributed by atoms with E-state index in [9.17, 15) is 14.4 Å². The molecule has 0 aromatic rings. The first kappa shape index (κ1) is 44.8. The number of esters is 3. The molecule has 0 saturated carbocycles. The fraction of sp³-hybridized carbons (Fsp3) is 0.923. The Morgan fingerprint density at radius 3 is 1.83 bits per heavy atom. The molecule has 0 fully saturated rings. The quantitative estimate of drug-likeness (QED) is 0.0543. The number of thioether (sulfide) groups is 1. The fourth-order valence-corrected chi connectivity index (χ4v) is 7.00. The van der Waals surface area contributed by atoms with Gasteiger partial charge in [-0.05, 0) is 114 Å². The standard InChI is InChI=1S/C39H74O6S/c1-14-16-24-43-33(40)30(3)28-38(10,11)32(34(41)45-36(5,6)7)29-39(12,13)35(42)44-25-19-17-18-20-26-46-27-21-22-31(4)37(8,9)23-15-2/h30-32H,14-29H2,1-13H3. The summed E-state index contributed by atoms with van der Waals surface area (Å²) in [6.45, 7) is 27.4. The third kappa shape index (κ3) is 18.9. The lowest BCUT2D eigenvalue weighted by molar-refractivity contribution is -0.170. The van der Waals surface area contributed by atoms with Crippen molar-refractivity contribution in [3.05, 3.63) is 0 Å². The van der Waals surface area contributed by atoms with Crippen LogP contribution in [-0.2, 0) is 28.6 Å². The van der Waals surface area contributed by atoms with Gasteiger partial charge in [0, 0.05) is 0 Å². The summed E-state index contributed by atoms with van der Waals surface area (Å²) in [5.74, 6) is 1.33. The minimum Gasteiger partial charge on any atom is -0.465 e. The first-order chi connectivity index (χ1) is 21.2. The van der Waals surface area contributed by atoms with E-state index in [0.717, 1.165) is 38.0 Å². The maximum Gasteiger partial charge on any atom is 0.311 e. The van der Waals surface area contributed by atoms with Crippen LogP contribution in [0, 0.1) is 34.0 Å². The van der Waals surface area contributed by atoms with Crippen molar-refractivity contribution in [1.82, 2.24) is 0 Å². The molecular formula is C39H74O6S. The Balaban J connectivity index is 4.81. The molecule has 3 unspecified atom stereocenters. The molecule has 0 bridgehead atoms. The summed E-state index contributed by atoms with van der Waals surface area (Å²) in [5.41, 5.74) is -1.71. The predicted molar refractivity (Wildman–Crippen MR) is 195 cm³/mol. The van der Waals surface area contributed by atoms with Gasteiger partial charge >= 0.3 is 17.9 Å². The van der Waals surface area contributed by atoms with Crippen molar-refractivity contribution in [2.24, 2.45) is 34.0 Å². The van der Waals surface area contributed by atoms with Gasteiger partial charge < -0.3 is 14.2 Å². The lowest BCUT2D eigenvalue weighted by Crippen LogP contribution is -2.42. The van der Waals surface area contributed by atoms with E-state index in [1.165, 1.54) is 43.6 Å². The summed E-state index contributed by atoms with van der Waals surface area (Å²) in [5, 5.41) is 0. The van der Waals surface area contributed by atoms with E-state index in [-0.39, 0.29) is 30.2 Å². The van der Waals surface area contributed by atoms with Gasteiger partial charge in [0.1, 0.15) is 5.60 Å². The maximum atomic E-state index is 13.5. The Hall–Kier alpha value is -1.24. The van der Waals surface area contributed by atoms with Crippen LogP contribution >= 0.6 is 11.8 Å². The van der Waals surface area contributed by atoms with Gasteiger partial charge in [-0.15, -0.1) is 0 Å². The van der Waals surface area contributed by atoms with Crippen LogP contribution < -0.4 is 0 Å². The first-order valence-corrected chi connectivity index (χ1v) is 19.5. The number of rotatable bonds is 25. The Labute approximate surface area is 289 Å². The second-order valence-electron chi connectivity index (χ2n) is 16.7. The van der Waals surface area contributed by atoms with Crippen molar-refractivity contribution in [2.45, 2.75) is 173 Å². The van der Waals surface area contributed by atoms with E-state index in [1.807, 2.05) is 55.4 Å². The number of hydrogen-bond acceptors (Lipinski definition) is 7.